The highest BCUT2D eigenvalue weighted by atomic mass is 35.5. The van der Waals surface area contributed by atoms with Gasteiger partial charge in [0.2, 0.25) is 10.0 Å². The van der Waals surface area contributed by atoms with Crippen molar-refractivity contribution in [3.8, 4) is 0 Å². The first-order valence-corrected chi connectivity index (χ1v) is 10.4. The van der Waals surface area contributed by atoms with Crippen LogP contribution in [0.3, 0.4) is 0 Å². The van der Waals surface area contributed by atoms with Gasteiger partial charge in [-0.3, -0.25) is 0 Å². The molecule has 0 amide bonds. The molecule has 1 fully saturated rings. The van der Waals surface area contributed by atoms with Crippen LogP contribution in [0.25, 0.3) is 0 Å². The molecule has 0 spiro atoms. The summed E-state index contributed by atoms with van der Waals surface area (Å²) in [6.07, 6.45) is 3.90. The van der Waals surface area contributed by atoms with E-state index in [1.165, 1.54) is 12.1 Å². The van der Waals surface area contributed by atoms with E-state index in [1.807, 2.05) is 18.2 Å². The van der Waals surface area contributed by atoms with Crippen LogP contribution in [0, 0.1) is 6.92 Å². The molecule has 6 heteroatoms. The molecule has 2 atom stereocenters. The minimum atomic E-state index is -3.56. The van der Waals surface area contributed by atoms with E-state index in [4.69, 9.17) is 11.6 Å². The maximum Gasteiger partial charge on any atom is 0.240 e. The van der Waals surface area contributed by atoms with Gasteiger partial charge in [0.1, 0.15) is 0 Å². The standard InChI is InChI=1S/C19H23ClN2O2S/c1-14-6-2-3-7-17(14)21-18-8-4-5-9-19(18)22-25(23,24)16-12-10-15(20)11-13-16/h2-3,6-7,10-13,18-19,21-22H,4-5,8-9H2,1H3/t18-,19-/m0/s1. The summed E-state index contributed by atoms with van der Waals surface area (Å²) in [6.45, 7) is 2.05. The summed E-state index contributed by atoms with van der Waals surface area (Å²) in [6, 6.07) is 14.3. The lowest BCUT2D eigenvalue weighted by atomic mass is 9.90. The molecule has 0 aliphatic heterocycles. The second kappa shape index (κ2) is 7.77. The number of sulfonamides is 1. The molecule has 1 aliphatic carbocycles. The van der Waals surface area contributed by atoms with Crippen molar-refractivity contribution in [1.82, 2.24) is 4.72 Å². The fraction of sp³-hybridized carbons (Fsp3) is 0.368. The van der Waals surface area contributed by atoms with E-state index in [0.717, 1.165) is 36.9 Å². The summed E-state index contributed by atoms with van der Waals surface area (Å²) < 4.78 is 28.3. The Morgan fingerprint density at radius 2 is 1.60 bits per heavy atom. The maximum absolute atomic E-state index is 12.7. The molecule has 1 saturated carbocycles. The highest BCUT2D eigenvalue weighted by molar-refractivity contribution is 7.89. The van der Waals surface area contributed by atoms with Gasteiger partial charge in [-0.25, -0.2) is 13.1 Å². The zero-order chi connectivity index (χ0) is 17.9. The average molecular weight is 379 g/mol. The van der Waals surface area contributed by atoms with Crippen LogP contribution in [0.5, 0.6) is 0 Å². The minimum absolute atomic E-state index is 0.0805. The Morgan fingerprint density at radius 3 is 2.28 bits per heavy atom. The van der Waals surface area contributed by atoms with Gasteiger partial charge in [-0.2, -0.15) is 0 Å². The summed E-state index contributed by atoms with van der Waals surface area (Å²) >= 11 is 5.86. The minimum Gasteiger partial charge on any atom is -0.380 e. The van der Waals surface area contributed by atoms with Crippen molar-refractivity contribution >= 4 is 27.3 Å². The molecular weight excluding hydrogens is 356 g/mol. The molecule has 0 bridgehead atoms. The largest absolute Gasteiger partial charge is 0.380 e. The summed E-state index contributed by atoms with van der Waals surface area (Å²) in [5.41, 5.74) is 2.22. The smallest absolute Gasteiger partial charge is 0.240 e. The molecule has 2 aromatic carbocycles. The molecule has 0 heterocycles. The topological polar surface area (TPSA) is 58.2 Å². The lowest BCUT2D eigenvalue weighted by Gasteiger charge is -2.33. The Hall–Kier alpha value is -1.56. The van der Waals surface area contributed by atoms with Crippen molar-refractivity contribution in [3.63, 3.8) is 0 Å². The highest BCUT2D eigenvalue weighted by Gasteiger charge is 2.29. The number of rotatable bonds is 5. The monoisotopic (exact) mass is 378 g/mol. The molecule has 134 valence electrons. The first-order valence-electron chi connectivity index (χ1n) is 8.56. The molecule has 25 heavy (non-hydrogen) atoms. The Balaban J connectivity index is 1.77. The number of halogens is 1. The van der Waals surface area contributed by atoms with Crippen molar-refractivity contribution < 1.29 is 8.42 Å². The second-order valence-electron chi connectivity index (χ2n) is 6.53. The Morgan fingerprint density at radius 1 is 0.960 bits per heavy atom. The van der Waals surface area contributed by atoms with Crippen LogP contribution in [0.2, 0.25) is 5.02 Å². The lowest BCUT2D eigenvalue weighted by Crippen LogP contribution is -2.48. The Labute approximate surface area is 154 Å². The summed E-state index contributed by atoms with van der Waals surface area (Å²) in [7, 11) is -3.56. The van der Waals surface area contributed by atoms with Crippen molar-refractivity contribution in [2.24, 2.45) is 0 Å². The van der Waals surface area contributed by atoms with Crippen molar-refractivity contribution in [3.05, 3.63) is 59.1 Å². The van der Waals surface area contributed by atoms with Crippen molar-refractivity contribution in [2.45, 2.75) is 49.6 Å². The molecule has 2 aromatic rings. The van der Waals surface area contributed by atoms with Gasteiger partial charge in [0.15, 0.2) is 0 Å². The van der Waals surface area contributed by atoms with Crippen LogP contribution >= 0.6 is 11.6 Å². The Bertz CT molecular complexity index is 822. The molecular formula is C19H23ClN2O2S. The van der Waals surface area contributed by atoms with E-state index in [-0.39, 0.29) is 17.0 Å². The summed E-state index contributed by atoms with van der Waals surface area (Å²) in [5, 5.41) is 4.06. The predicted molar refractivity (Wildman–Crippen MR) is 103 cm³/mol. The molecule has 0 aromatic heterocycles. The van der Waals surface area contributed by atoms with Gasteiger partial charge in [-0.05, 0) is 55.7 Å². The molecule has 2 N–H and O–H groups in total. The molecule has 0 saturated heterocycles. The van der Waals surface area contributed by atoms with Crippen LogP contribution in [-0.4, -0.2) is 20.5 Å². The number of para-hydroxylation sites is 1. The van der Waals surface area contributed by atoms with E-state index < -0.39 is 10.0 Å². The van der Waals surface area contributed by atoms with Gasteiger partial charge in [0, 0.05) is 22.8 Å². The van der Waals surface area contributed by atoms with Crippen LogP contribution in [-0.2, 0) is 10.0 Å². The second-order valence-corrected chi connectivity index (χ2v) is 8.68. The van der Waals surface area contributed by atoms with Crippen LogP contribution in [0.15, 0.2) is 53.4 Å². The normalized spacial score (nSPS) is 21.0. The van der Waals surface area contributed by atoms with Gasteiger partial charge in [0.25, 0.3) is 0 Å². The number of aryl methyl sites for hydroxylation is 1. The zero-order valence-electron chi connectivity index (χ0n) is 14.2. The van der Waals surface area contributed by atoms with Crippen LogP contribution in [0.1, 0.15) is 31.2 Å². The number of hydrogen-bond donors (Lipinski definition) is 2. The fourth-order valence-corrected chi connectivity index (χ4v) is 4.70. The Kier molecular flexibility index (Phi) is 5.67. The molecule has 0 radical (unpaired) electrons. The van der Waals surface area contributed by atoms with Gasteiger partial charge < -0.3 is 5.32 Å². The maximum atomic E-state index is 12.7. The third-order valence-electron chi connectivity index (χ3n) is 4.68. The predicted octanol–water partition coefficient (Wildman–Crippen LogP) is 4.35. The van der Waals surface area contributed by atoms with E-state index >= 15 is 0 Å². The third kappa shape index (κ3) is 4.54. The van der Waals surface area contributed by atoms with Gasteiger partial charge in [-0.15, -0.1) is 0 Å². The SMILES string of the molecule is Cc1ccccc1N[C@H]1CCCC[C@@H]1NS(=O)(=O)c1ccc(Cl)cc1. The zero-order valence-corrected chi connectivity index (χ0v) is 15.8. The number of hydrogen-bond acceptors (Lipinski definition) is 3. The summed E-state index contributed by atoms with van der Waals surface area (Å²) in [4.78, 5) is 0.247. The number of benzene rings is 2. The van der Waals surface area contributed by atoms with Crippen molar-refractivity contribution in [2.75, 3.05) is 5.32 Å². The van der Waals surface area contributed by atoms with Crippen LogP contribution in [0.4, 0.5) is 5.69 Å². The third-order valence-corrected chi connectivity index (χ3v) is 6.44. The molecule has 3 rings (SSSR count). The summed E-state index contributed by atoms with van der Waals surface area (Å²) in [5.74, 6) is 0. The lowest BCUT2D eigenvalue weighted by molar-refractivity contribution is 0.378. The first kappa shape index (κ1) is 18.2. The molecule has 4 nitrogen and oxygen atoms in total. The van der Waals surface area contributed by atoms with Gasteiger partial charge in [-0.1, -0.05) is 42.6 Å². The van der Waals surface area contributed by atoms with Gasteiger partial charge >= 0.3 is 0 Å². The quantitative estimate of drug-likeness (QED) is 0.813. The first-order chi connectivity index (χ1) is 12.0. The highest BCUT2D eigenvalue weighted by Crippen LogP contribution is 2.25. The van der Waals surface area contributed by atoms with E-state index in [9.17, 15) is 8.42 Å². The van der Waals surface area contributed by atoms with Gasteiger partial charge in [0.05, 0.1) is 4.90 Å². The number of nitrogens with one attached hydrogen (secondary N) is 2. The van der Waals surface area contributed by atoms with E-state index in [1.54, 1.807) is 12.1 Å². The van der Waals surface area contributed by atoms with Crippen molar-refractivity contribution in [1.29, 1.82) is 0 Å². The molecule has 0 unspecified atom stereocenters. The fourth-order valence-electron chi connectivity index (χ4n) is 3.26. The average Bonchev–Trinajstić information content (AvgIpc) is 2.59. The van der Waals surface area contributed by atoms with E-state index in [0.29, 0.717) is 5.02 Å². The van der Waals surface area contributed by atoms with Crippen LogP contribution < -0.4 is 10.0 Å². The molecule has 1 aliphatic rings. The van der Waals surface area contributed by atoms with E-state index in [2.05, 4.69) is 23.0 Å². The number of anilines is 1.